The standard InChI is InChI=1S/C16H19FN4O2/c1-10-8-12(17)4-5-13(10)16(22)21-7-6-20(3)14(9-21)15-18-11(2)19-23-15/h4-5,8,14H,6-7,9H2,1-3H3/t14-/m1/s1. The van der Waals surface area contributed by atoms with Gasteiger partial charge in [0.25, 0.3) is 5.91 Å². The number of halogens is 1. The Kier molecular flexibility index (Phi) is 4.12. The van der Waals surface area contributed by atoms with Gasteiger partial charge in [-0.3, -0.25) is 9.69 Å². The molecule has 1 amide bonds. The highest BCUT2D eigenvalue weighted by molar-refractivity contribution is 5.95. The normalized spacial score (nSPS) is 19.1. The van der Waals surface area contributed by atoms with Crippen LogP contribution in [0.5, 0.6) is 0 Å². The monoisotopic (exact) mass is 318 g/mol. The average Bonchev–Trinajstić information content (AvgIpc) is 2.93. The Bertz CT molecular complexity index is 731. The molecule has 0 radical (unpaired) electrons. The fourth-order valence-corrected chi connectivity index (χ4v) is 2.81. The van der Waals surface area contributed by atoms with Crippen LogP contribution in [-0.4, -0.2) is 52.5 Å². The van der Waals surface area contributed by atoms with Gasteiger partial charge in [0.15, 0.2) is 5.82 Å². The third-order valence-electron chi connectivity index (χ3n) is 4.18. The number of aryl methyl sites for hydroxylation is 2. The molecule has 1 aromatic carbocycles. The first-order valence-electron chi connectivity index (χ1n) is 7.51. The van der Waals surface area contributed by atoms with Crippen LogP contribution >= 0.6 is 0 Å². The van der Waals surface area contributed by atoms with Gasteiger partial charge in [-0.15, -0.1) is 0 Å². The minimum absolute atomic E-state index is 0.100. The molecule has 7 heteroatoms. The second-order valence-electron chi connectivity index (χ2n) is 5.89. The summed E-state index contributed by atoms with van der Waals surface area (Å²) in [4.78, 5) is 20.9. The minimum atomic E-state index is -0.336. The Balaban J connectivity index is 1.81. The molecular weight excluding hydrogens is 299 g/mol. The molecule has 0 unspecified atom stereocenters. The Morgan fingerprint density at radius 3 is 2.78 bits per heavy atom. The van der Waals surface area contributed by atoms with Crippen molar-refractivity contribution in [2.45, 2.75) is 19.9 Å². The molecule has 0 saturated carbocycles. The molecule has 0 aliphatic carbocycles. The lowest BCUT2D eigenvalue weighted by atomic mass is 10.1. The van der Waals surface area contributed by atoms with E-state index in [9.17, 15) is 9.18 Å². The summed E-state index contributed by atoms with van der Waals surface area (Å²) in [5.41, 5.74) is 1.16. The van der Waals surface area contributed by atoms with Gasteiger partial charge in [-0.1, -0.05) is 5.16 Å². The van der Waals surface area contributed by atoms with Gasteiger partial charge in [-0.25, -0.2) is 4.39 Å². The van der Waals surface area contributed by atoms with Crippen molar-refractivity contribution < 1.29 is 13.7 Å². The molecule has 2 heterocycles. The van der Waals surface area contributed by atoms with Gasteiger partial charge < -0.3 is 9.42 Å². The second kappa shape index (κ2) is 6.08. The number of hydrogen-bond donors (Lipinski definition) is 0. The Labute approximate surface area is 133 Å². The summed E-state index contributed by atoms with van der Waals surface area (Å²) in [5, 5.41) is 3.82. The summed E-state index contributed by atoms with van der Waals surface area (Å²) in [6.07, 6.45) is 0. The summed E-state index contributed by atoms with van der Waals surface area (Å²) in [5.74, 6) is 0.651. The van der Waals surface area contributed by atoms with Crippen LogP contribution in [-0.2, 0) is 0 Å². The summed E-state index contributed by atoms with van der Waals surface area (Å²) in [7, 11) is 1.97. The third-order valence-corrected chi connectivity index (χ3v) is 4.18. The molecule has 3 rings (SSSR count). The molecule has 2 aromatic rings. The van der Waals surface area contributed by atoms with E-state index in [0.717, 1.165) is 0 Å². The molecule has 122 valence electrons. The van der Waals surface area contributed by atoms with Gasteiger partial charge in [0.1, 0.15) is 11.9 Å². The van der Waals surface area contributed by atoms with Gasteiger partial charge in [-0.05, 0) is 44.7 Å². The number of hydrogen-bond acceptors (Lipinski definition) is 5. The van der Waals surface area contributed by atoms with Gasteiger partial charge in [0.05, 0.1) is 0 Å². The maximum absolute atomic E-state index is 13.2. The van der Waals surface area contributed by atoms with Crippen molar-refractivity contribution in [3.05, 3.63) is 46.9 Å². The van der Waals surface area contributed by atoms with E-state index in [1.165, 1.54) is 18.2 Å². The average molecular weight is 318 g/mol. The van der Waals surface area contributed by atoms with Crippen molar-refractivity contribution >= 4 is 5.91 Å². The number of likely N-dealkylation sites (N-methyl/N-ethyl adjacent to an activating group) is 1. The van der Waals surface area contributed by atoms with E-state index < -0.39 is 0 Å². The van der Waals surface area contributed by atoms with E-state index in [0.29, 0.717) is 42.5 Å². The molecule has 1 aliphatic rings. The van der Waals surface area contributed by atoms with Crippen molar-refractivity contribution in [1.82, 2.24) is 19.9 Å². The van der Waals surface area contributed by atoms with E-state index in [4.69, 9.17) is 4.52 Å². The van der Waals surface area contributed by atoms with Crippen LogP contribution in [0.2, 0.25) is 0 Å². The van der Waals surface area contributed by atoms with E-state index in [1.54, 1.807) is 18.7 Å². The Morgan fingerprint density at radius 1 is 1.35 bits per heavy atom. The van der Waals surface area contributed by atoms with Gasteiger partial charge >= 0.3 is 0 Å². The zero-order valence-corrected chi connectivity index (χ0v) is 13.4. The molecule has 6 nitrogen and oxygen atoms in total. The zero-order chi connectivity index (χ0) is 16.6. The van der Waals surface area contributed by atoms with E-state index in [2.05, 4.69) is 15.0 Å². The fraction of sp³-hybridized carbons (Fsp3) is 0.438. The second-order valence-corrected chi connectivity index (χ2v) is 5.89. The number of aromatic nitrogens is 2. The molecule has 23 heavy (non-hydrogen) atoms. The van der Waals surface area contributed by atoms with E-state index in [1.807, 2.05) is 7.05 Å². The van der Waals surface area contributed by atoms with Crippen molar-refractivity contribution in [1.29, 1.82) is 0 Å². The number of nitrogens with zero attached hydrogens (tertiary/aromatic N) is 4. The smallest absolute Gasteiger partial charge is 0.254 e. The quantitative estimate of drug-likeness (QED) is 0.847. The number of carbonyl (C=O) groups excluding carboxylic acids is 1. The highest BCUT2D eigenvalue weighted by Crippen LogP contribution is 2.24. The largest absolute Gasteiger partial charge is 0.338 e. The molecule has 1 fully saturated rings. The van der Waals surface area contributed by atoms with Crippen molar-refractivity contribution in [3.63, 3.8) is 0 Å². The first kappa shape index (κ1) is 15.6. The molecule has 0 N–H and O–H groups in total. The molecule has 1 aromatic heterocycles. The maximum Gasteiger partial charge on any atom is 0.254 e. The van der Waals surface area contributed by atoms with Crippen LogP contribution in [0.1, 0.15) is 33.7 Å². The van der Waals surface area contributed by atoms with Crippen LogP contribution in [0.25, 0.3) is 0 Å². The highest BCUT2D eigenvalue weighted by atomic mass is 19.1. The van der Waals surface area contributed by atoms with Gasteiger partial charge in [0, 0.05) is 25.2 Å². The maximum atomic E-state index is 13.2. The molecule has 1 saturated heterocycles. The zero-order valence-electron chi connectivity index (χ0n) is 13.4. The number of piperazine rings is 1. The van der Waals surface area contributed by atoms with Crippen molar-refractivity contribution in [2.75, 3.05) is 26.7 Å². The van der Waals surface area contributed by atoms with E-state index in [-0.39, 0.29) is 17.8 Å². The molecule has 0 bridgehead atoms. The summed E-state index contributed by atoms with van der Waals surface area (Å²) >= 11 is 0. The topological polar surface area (TPSA) is 62.5 Å². The lowest BCUT2D eigenvalue weighted by molar-refractivity contribution is 0.0488. The van der Waals surface area contributed by atoms with E-state index >= 15 is 0 Å². The lowest BCUT2D eigenvalue weighted by Gasteiger charge is -2.37. The predicted octanol–water partition coefficient (Wildman–Crippen LogP) is 1.95. The van der Waals surface area contributed by atoms with Gasteiger partial charge in [-0.2, -0.15) is 4.98 Å². The number of rotatable bonds is 2. The summed E-state index contributed by atoms with van der Waals surface area (Å²) in [6, 6.07) is 4.10. The minimum Gasteiger partial charge on any atom is -0.338 e. The van der Waals surface area contributed by atoms with Crippen LogP contribution < -0.4 is 0 Å². The molecular formula is C16H19FN4O2. The Morgan fingerprint density at radius 2 is 2.13 bits per heavy atom. The van der Waals surface area contributed by atoms with Crippen LogP contribution in [0.15, 0.2) is 22.7 Å². The number of benzene rings is 1. The van der Waals surface area contributed by atoms with Crippen molar-refractivity contribution in [3.8, 4) is 0 Å². The summed E-state index contributed by atoms with van der Waals surface area (Å²) < 4.78 is 18.5. The van der Waals surface area contributed by atoms with Gasteiger partial charge in [0.2, 0.25) is 5.89 Å². The fourth-order valence-electron chi connectivity index (χ4n) is 2.81. The lowest BCUT2D eigenvalue weighted by Crippen LogP contribution is -2.49. The van der Waals surface area contributed by atoms with Crippen LogP contribution in [0, 0.1) is 19.7 Å². The summed E-state index contributed by atoms with van der Waals surface area (Å²) in [6.45, 7) is 5.29. The molecule has 1 aliphatic heterocycles. The molecule has 0 spiro atoms. The molecule has 1 atom stereocenters. The predicted molar refractivity (Wildman–Crippen MR) is 81.4 cm³/mol. The third kappa shape index (κ3) is 3.10. The highest BCUT2D eigenvalue weighted by Gasteiger charge is 2.32. The first-order valence-corrected chi connectivity index (χ1v) is 7.51. The number of amides is 1. The SMILES string of the molecule is Cc1noc([C@H]2CN(C(=O)c3ccc(F)cc3C)CCN2C)n1. The number of carbonyl (C=O) groups is 1. The van der Waals surface area contributed by atoms with Crippen LogP contribution in [0.3, 0.4) is 0 Å². The van der Waals surface area contributed by atoms with Crippen LogP contribution in [0.4, 0.5) is 4.39 Å². The Hall–Kier alpha value is -2.28. The first-order chi connectivity index (χ1) is 11.0. The van der Waals surface area contributed by atoms with Crippen molar-refractivity contribution in [2.24, 2.45) is 0 Å².